The Kier molecular flexibility index (Phi) is 6.41. The molecule has 0 saturated carbocycles. The molecule has 144 valence electrons. The van der Waals surface area contributed by atoms with Crippen LogP contribution in [-0.4, -0.2) is 63.2 Å². The van der Waals surface area contributed by atoms with Crippen LogP contribution in [0.3, 0.4) is 0 Å². The minimum absolute atomic E-state index is 0.102. The lowest BCUT2D eigenvalue weighted by Gasteiger charge is -2.34. The van der Waals surface area contributed by atoms with Crippen LogP contribution in [0, 0.1) is 11.8 Å². The Balaban J connectivity index is 2.08. The van der Waals surface area contributed by atoms with E-state index in [9.17, 15) is 18.0 Å². The van der Waals surface area contributed by atoms with Gasteiger partial charge in [-0.15, -0.1) is 0 Å². The van der Waals surface area contributed by atoms with Crippen molar-refractivity contribution in [2.24, 2.45) is 11.8 Å². The van der Waals surface area contributed by atoms with E-state index in [-0.39, 0.29) is 17.3 Å². The average Bonchev–Trinajstić information content (AvgIpc) is 2.58. The normalized spacial score (nSPS) is 21.2. The molecule has 26 heavy (non-hydrogen) atoms. The van der Waals surface area contributed by atoms with E-state index in [1.807, 2.05) is 0 Å². The monoisotopic (exact) mass is 381 g/mol. The first-order valence-corrected chi connectivity index (χ1v) is 10.1. The third kappa shape index (κ3) is 4.82. The molecule has 8 heteroatoms. The van der Waals surface area contributed by atoms with Crippen molar-refractivity contribution in [1.29, 1.82) is 0 Å². The molecule has 7 nitrogen and oxygen atoms in total. The van der Waals surface area contributed by atoms with Gasteiger partial charge in [0.1, 0.15) is 0 Å². The molecular formula is C18H27N3O4S. The van der Waals surface area contributed by atoms with E-state index >= 15 is 0 Å². The van der Waals surface area contributed by atoms with E-state index in [4.69, 9.17) is 0 Å². The molecule has 1 aromatic rings. The van der Waals surface area contributed by atoms with Crippen molar-refractivity contribution in [3.63, 3.8) is 0 Å². The second-order valence-electron chi connectivity index (χ2n) is 7.26. The van der Waals surface area contributed by atoms with E-state index in [2.05, 4.69) is 19.2 Å². The molecule has 1 aliphatic heterocycles. The first kappa shape index (κ1) is 20.4. The molecule has 2 atom stereocenters. The molecule has 1 aromatic carbocycles. The molecule has 1 saturated heterocycles. The van der Waals surface area contributed by atoms with E-state index in [0.29, 0.717) is 30.5 Å². The first-order chi connectivity index (χ1) is 12.1. The number of nitrogens with zero attached hydrogens (tertiary/aromatic N) is 2. The summed E-state index contributed by atoms with van der Waals surface area (Å²) in [6, 6.07) is 5.84. The lowest BCUT2D eigenvalue weighted by molar-refractivity contribution is -0.127. The zero-order chi connectivity index (χ0) is 19.5. The van der Waals surface area contributed by atoms with Gasteiger partial charge in [0, 0.05) is 32.7 Å². The molecule has 0 aromatic heterocycles. The molecule has 2 amide bonds. The largest absolute Gasteiger partial charge is 0.347 e. The van der Waals surface area contributed by atoms with Crippen LogP contribution >= 0.6 is 0 Å². The maximum Gasteiger partial charge on any atom is 0.251 e. The zero-order valence-electron chi connectivity index (χ0n) is 15.7. The Hall–Kier alpha value is -1.93. The van der Waals surface area contributed by atoms with E-state index in [0.717, 1.165) is 6.42 Å². The third-order valence-electron chi connectivity index (χ3n) is 4.49. The number of hydrogen-bond acceptors (Lipinski definition) is 4. The maximum absolute atomic E-state index is 12.8. The van der Waals surface area contributed by atoms with Gasteiger partial charge < -0.3 is 10.2 Å². The predicted molar refractivity (Wildman–Crippen MR) is 99.2 cm³/mol. The number of amides is 2. The highest BCUT2D eigenvalue weighted by atomic mass is 32.2. The molecule has 1 aliphatic rings. The summed E-state index contributed by atoms with van der Waals surface area (Å²) >= 11 is 0. The lowest BCUT2D eigenvalue weighted by Crippen LogP contribution is -2.42. The Bertz CT molecular complexity index is 749. The molecule has 0 radical (unpaired) electrons. The average molecular weight is 381 g/mol. The van der Waals surface area contributed by atoms with Crippen LogP contribution in [0.15, 0.2) is 29.2 Å². The summed E-state index contributed by atoms with van der Waals surface area (Å²) in [7, 11) is -0.351. The van der Waals surface area contributed by atoms with Gasteiger partial charge in [0.05, 0.1) is 11.4 Å². The summed E-state index contributed by atoms with van der Waals surface area (Å²) in [6.07, 6.45) is 1.02. The van der Waals surface area contributed by atoms with Gasteiger partial charge in [-0.3, -0.25) is 9.59 Å². The molecular weight excluding hydrogens is 354 g/mol. The van der Waals surface area contributed by atoms with Crippen molar-refractivity contribution in [2.75, 3.05) is 33.7 Å². The van der Waals surface area contributed by atoms with Crippen molar-refractivity contribution < 1.29 is 18.0 Å². The van der Waals surface area contributed by atoms with Crippen LogP contribution in [0.2, 0.25) is 0 Å². The van der Waals surface area contributed by atoms with Gasteiger partial charge in [-0.25, -0.2) is 8.42 Å². The van der Waals surface area contributed by atoms with Crippen molar-refractivity contribution >= 4 is 21.8 Å². The molecule has 1 heterocycles. The number of carbonyl (C=O) groups is 2. The van der Waals surface area contributed by atoms with Gasteiger partial charge in [-0.2, -0.15) is 4.31 Å². The fourth-order valence-corrected chi connectivity index (χ4v) is 4.83. The number of nitrogens with one attached hydrogen (secondary N) is 1. The predicted octanol–water partition coefficient (Wildman–Crippen LogP) is 1.17. The Morgan fingerprint density at radius 3 is 2.15 bits per heavy atom. The maximum atomic E-state index is 12.8. The molecule has 0 spiro atoms. The standard InChI is InChI=1S/C18H27N3O4S/c1-13-9-14(2)12-21(11-13)26(24,25)16-7-5-15(6-8-16)18(23)19-10-17(22)20(3)4/h5-8,13-14H,9-12H2,1-4H3,(H,19,23)/t13-,14-/m0/s1. The highest BCUT2D eigenvalue weighted by Gasteiger charge is 2.31. The second kappa shape index (κ2) is 8.18. The molecule has 1 fully saturated rings. The molecule has 1 N–H and O–H groups in total. The van der Waals surface area contributed by atoms with Crippen LogP contribution < -0.4 is 5.32 Å². The van der Waals surface area contributed by atoms with Gasteiger partial charge in [-0.05, 0) is 42.5 Å². The molecule has 0 unspecified atom stereocenters. The van der Waals surface area contributed by atoms with Crippen LogP contribution in [0.4, 0.5) is 0 Å². The summed E-state index contributed by atoms with van der Waals surface area (Å²) in [5.74, 6) is 0.0240. The van der Waals surface area contributed by atoms with E-state index < -0.39 is 15.9 Å². The van der Waals surface area contributed by atoms with Crippen LogP contribution in [-0.2, 0) is 14.8 Å². The number of carbonyl (C=O) groups excluding carboxylic acids is 2. The summed E-state index contributed by atoms with van der Waals surface area (Å²) in [6.45, 7) is 5.04. The van der Waals surface area contributed by atoms with Gasteiger partial charge >= 0.3 is 0 Å². The van der Waals surface area contributed by atoms with Gasteiger partial charge in [0.15, 0.2) is 0 Å². The zero-order valence-corrected chi connectivity index (χ0v) is 16.5. The van der Waals surface area contributed by atoms with Crippen LogP contribution in [0.1, 0.15) is 30.6 Å². The minimum atomic E-state index is -3.57. The van der Waals surface area contributed by atoms with Gasteiger partial charge in [0.25, 0.3) is 5.91 Å². The molecule has 0 aliphatic carbocycles. The fourth-order valence-electron chi connectivity index (χ4n) is 3.15. The molecule has 2 rings (SSSR count). The smallest absolute Gasteiger partial charge is 0.251 e. The summed E-state index contributed by atoms with van der Waals surface area (Å²) in [5, 5.41) is 2.52. The van der Waals surface area contributed by atoms with E-state index in [1.54, 1.807) is 14.1 Å². The quantitative estimate of drug-likeness (QED) is 0.829. The number of rotatable bonds is 5. The Morgan fingerprint density at radius 2 is 1.65 bits per heavy atom. The van der Waals surface area contributed by atoms with E-state index in [1.165, 1.54) is 33.5 Å². The summed E-state index contributed by atoms with van der Waals surface area (Å²) in [4.78, 5) is 25.2. The molecule has 0 bridgehead atoms. The van der Waals surface area contributed by atoms with Crippen molar-refractivity contribution in [1.82, 2.24) is 14.5 Å². The number of piperidine rings is 1. The third-order valence-corrected chi connectivity index (χ3v) is 6.33. The fraction of sp³-hybridized carbons (Fsp3) is 0.556. The summed E-state index contributed by atoms with van der Waals surface area (Å²) in [5.41, 5.74) is 0.316. The Labute approximate surface area is 155 Å². The first-order valence-electron chi connectivity index (χ1n) is 8.69. The van der Waals surface area contributed by atoms with Crippen LogP contribution in [0.25, 0.3) is 0 Å². The van der Waals surface area contributed by atoms with Crippen molar-refractivity contribution in [2.45, 2.75) is 25.2 Å². The van der Waals surface area contributed by atoms with Gasteiger partial charge in [0.2, 0.25) is 15.9 Å². The highest BCUT2D eigenvalue weighted by molar-refractivity contribution is 7.89. The number of benzene rings is 1. The lowest BCUT2D eigenvalue weighted by atomic mass is 9.94. The summed E-state index contributed by atoms with van der Waals surface area (Å²) < 4.78 is 27.2. The number of hydrogen-bond donors (Lipinski definition) is 1. The number of sulfonamides is 1. The topological polar surface area (TPSA) is 86.8 Å². The van der Waals surface area contributed by atoms with Crippen LogP contribution in [0.5, 0.6) is 0 Å². The Morgan fingerprint density at radius 1 is 1.12 bits per heavy atom. The highest BCUT2D eigenvalue weighted by Crippen LogP contribution is 2.26. The van der Waals surface area contributed by atoms with Crippen molar-refractivity contribution in [3.8, 4) is 0 Å². The number of likely N-dealkylation sites (N-methyl/N-ethyl adjacent to an activating group) is 1. The SMILES string of the molecule is C[C@H]1C[C@H](C)CN(S(=O)(=O)c2ccc(C(=O)NCC(=O)N(C)C)cc2)C1. The van der Waals surface area contributed by atoms with Gasteiger partial charge in [-0.1, -0.05) is 13.8 Å². The minimum Gasteiger partial charge on any atom is -0.347 e. The van der Waals surface area contributed by atoms with Crippen molar-refractivity contribution in [3.05, 3.63) is 29.8 Å². The second-order valence-corrected chi connectivity index (χ2v) is 9.20.